The molecule has 9 heteroatoms. The molecule has 0 radical (unpaired) electrons. The molecule has 2 aromatic heterocycles. The Morgan fingerprint density at radius 1 is 1.25 bits per heavy atom. The van der Waals surface area contributed by atoms with Crippen molar-refractivity contribution in [2.75, 3.05) is 5.32 Å². The van der Waals surface area contributed by atoms with Gasteiger partial charge in [-0.05, 0) is 36.8 Å². The fourth-order valence-electron chi connectivity index (χ4n) is 2.56. The average Bonchev–Trinajstić information content (AvgIpc) is 3.05. The van der Waals surface area contributed by atoms with Crippen LogP contribution in [0, 0.1) is 0 Å². The summed E-state index contributed by atoms with van der Waals surface area (Å²) in [4.78, 5) is 28.6. The molecule has 28 heavy (non-hydrogen) atoms. The van der Waals surface area contributed by atoms with Crippen LogP contribution in [0.5, 0.6) is 0 Å². The Labute approximate surface area is 165 Å². The third-order valence-corrected chi connectivity index (χ3v) is 4.16. The Kier molecular flexibility index (Phi) is 5.72. The number of aryl methyl sites for hydroxylation is 1. The molecule has 3 rings (SSSR count). The number of ether oxygens (including phenoxy) is 1. The molecule has 0 saturated heterocycles. The van der Waals surface area contributed by atoms with Crippen LogP contribution < -0.4 is 5.32 Å². The van der Waals surface area contributed by atoms with Crippen molar-refractivity contribution >= 4 is 29.3 Å². The van der Waals surface area contributed by atoms with Gasteiger partial charge in [0.2, 0.25) is 0 Å². The second-order valence-corrected chi connectivity index (χ2v) is 6.31. The van der Waals surface area contributed by atoms with Crippen LogP contribution in [-0.2, 0) is 11.8 Å². The van der Waals surface area contributed by atoms with Crippen molar-refractivity contribution in [2.24, 2.45) is 7.05 Å². The highest BCUT2D eigenvalue weighted by Crippen LogP contribution is 2.25. The molecular formula is C19H17ClN4O4. The van der Waals surface area contributed by atoms with Gasteiger partial charge in [0.25, 0.3) is 5.91 Å². The zero-order valence-electron chi connectivity index (χ0n) is 15.1. The number of aliphatic hydroxyl groups is 1. The number of carbonyl (C=O) groups excluding carboxylic acids is 2. The molecule has 0 fully saturated rings. The average molecular weight is 401 g/mol. The molecule has 2 heterocycles. The second kappa shape index (κ2) is 8.20. The number of amides is 1. The van der Waals surface area contributed by atoms with Crippen molar-refractivity contribution in [2.45, 2.75) is 13.2 Å². The van der Waals surface area contributed by atoms with Crippen molar-refractivity contribution in [3.8, 4) is 11.1 Å². The highest BCUT2D eigenvalue weighted by atomic mass is 35.5. The first-order chi connectivity index (χ1) is 13.4. The lowest BCUT2D eigenvalue weighted by Crippen LogP contribution is -2.17. The van der Waals surface area contributed by atoms with Gasteiger partial charge in [-0.1, -0.05) is 23.7 Å². The van der Waals surface area contributed by atoms with E-state index in [1.165, 1.54) is 24.0 Å². The lowest BCUT2D eigenvalue weighted by Gasteiger charge is -2.10. The molecule has 1 aromatic carbocycles. The van der Waals surface area contributed by atoms with Gasteiger partial charge >= 0.3 is 5.97 Å². The van der Waals surface area contributed by atoms with E-state index in [1.54, 1.807) is 43.4 Å². The third-order valence-electron chi connectivity index (χ3n) is 3.86. The van der Waals surface area contributed by atoms with Crippen LogP contribution in [-0.4, -0.2) is 38.0 Å². The summed E-state index contributed by atoms with van der Waals surface area (Å²) in [5, 5.41) is 16.3. The summed E-state index contributed by atoms with van der Waals surface area (Å²) in [6.07, 6.45) is 1.81. The number of hydrogen-bond donors (Lipinski definition) is 2. The van der Waals surface area contributed by atoms with Crippen molar-refractivity contribution in [1.29, 1.82) is 0 Å². The molecule has 0 spiro atoms. The molecule has 8 nitrogen and oxygen atoms in total. The number of pyridine rings is 1. The molecule has 0 aliphatic heterocycles. The van der Waals surface area contributed by atoms with E-state index >= 15 is 0 Å². The van der Waals surface area contributed by atoms with Gasteiger partial charge in [0, 0.05) is 24.4 Å². The molecule has 0 bridgehead atoms. The Hall–Kier alpha value is -3.23. The zero-order valence-corrected chi connectivity index (χ0v) is 15.8. The predicted molar refractivity (Wildman–Crippen MR) is 103 cm³/mol. The van der Waals surface area contributed by atoms with E-state index in [9.17, 15) is 14.7 Å². The largest absolute Gasteiger partial charge is 0.432 e. The summed E-state index contributed by atoms with van der Waals surface area (Å²) in [5.74, 6) is -0.794. The number of anilines is 1. The molecule has 3 aromatic rings. The molecule has 0 aliphatic carbocycles. The van der Waals surface area contributed by atoms with Gasteiger partial charge in [0.15, 0.2) is 17.8 Å². The van der Waals surface area contributed by atoms with Crippen LogP contribution in [0.2, 0.25) is 5.02 Å². The number of esters is 1. The Morgan fingerprint density at radius 3 is 2.61 bits per heavy atom. The van der Waals surface area contributed by atoms with E-state index in [0.29, 0.717) is 21.7 Å². The van der Waals surface area contributed by atoms with E-state index in [1.807, 2.05) is 0 Å². The van der Waals surface area contributed by atoms with Gasteiger partial charge in [-0.25, -0.2) is 9.78 Å². The van der Waals surface area contributed by atoms with Crippen LogP contribution >= 0.6 is 11.6 Å². The van der Waals surface area contributed by atoms with Crippen LogP contribution in [0.4, 0.5) is 5.82 Å². The number of halogens is 1. The number of carbonyl (C=O) groups is 2. The van der Waals surface area contributed by atoms with Gasteiger partial charge in [0.05, 0.1) is 11.2 Å². The first-order valence-corrected chi connectivity index (χ1v) is 8.68. The maximum atomic E-state index is 12.4. The van der Waals surface area contributed by atoms with E-state index in [-0.39, 0.29) is 17.4 Å². The van der Waals surface area contributed by atoms with E-state index in [0.717, 1.165) is 0 Å². The third kappa shape index (κ3) is 4.19. The highest BCUT2D eigenvalue weighted by Gasteiger charge is 2.21. The smallest absolute Gasteiger partial charge is 0.359 e. The SMILES string of the molecule is CC(O)OC(=O)c1c(-c2ccc(C(=O)Nc3ncccc3Cl)cc2)cnn1C. The molecule has 1 atom stereocenters. The summed E-state index contributed by atoms with van der Waals surface area (Å²) in [6.45, 7) is 1.34. The molecule has 0 saturated carbocycles. The van der Waals surface area contributed by atoms with Gasteiger partial charge in [-0.15, -0.1) is 0 Å². The van der Waals surface area contributed by atoms with E-state index in [4.69, 9.17) is 16.3 Å². The first kappa shape index (κ1) is 19.5. The normalized spacial score (nSPS) is 11.7. The minimum absolute atomic E-state index is 0.193. The summed E-state index contributed by atoms with van der Waals surface area (Å²) in [5.41, 5.74) is 1.77. The fourth-order valence-corrected chi connectivity index (χ4v) is 2.73. The van der Waals surface area contributed by atoms with Crippen molar-refractivity contribution < 1.29 is 19.4 Å². The molecule has 1 unspecified atom stereocenters. The lowest BCUT2D eigenvalue weighted by molar-refractivity contribution is -0.0529. The summed E-state index contributed by atoms with van der Waals surface area (Å²) in [6, 6.07) is 9.89. The van der Waals surface area contributed by atoms with Crippen molar-refractivity contribution in [3.05, 3.63) is 65.1 Å². The molecule has 0 aliphatic rings. The minimum atomic E-state index is -1.24. The second-order valence-electron chi connectivity index (χ2n) is 5.90. The quantitative estimate of drug-likeness (QED) is 0.504. The highest BCUT2D eigenvalue weighted by molar-refractivity contribution is 6.33. The standard InChI is InChI=1S/C19H17ClN4O4/c1-11(25)28-19(27)16-14(10-22-24(16)2)12-5-7-13(8-6-12)18(26)23-17-15(20)4-3-9-21-17/h3-11,25H,1-2H3,(H,21,23,26). The number of benzene rings is 1. The van der Waals surface area contributed by atoms with Crippen LogP contribution in [0.1, 0.15) is 27.8 Å². The summed E-state index contributed by atoms with van der Waals surface area (Å²) < 4.78 is 6.21. The van der Waals surface area contributed by atoms with Crippen LogP contribution in [0.15, 0.2) is 48.8 Å². The van der Waals surface area contributed by atoms with E-state index in [2.05, 4.69) is 15.4 Å². The minimum Gasteiger partial charge on any atom is -0.432 e. The first-order valence-electron chi connectivity index (χ1n) is 8.30. The summed E-state index contributed by atoms with van der Waals surface area (Å²) in [7, 11) is 1.60. The predicted octanol–water partition coefficient (Wildman–Crippen LogP) is 2.88. The maximum Gasteiger partial charge on any atom is 0.359 e. The van der Waals surface area contributed by atoms with Gasteiger partial charge in [0.1, 0.15) is 0 Å². The Bertz CT molecular complexity index is 1020. The molecule has 2 N–H and O–H groups in total. The van der Waals surface area contributed by atoms with Gasteiger partial charge in [-0.3, -0.25) is 9.48 Å². The monoisotopic (exact) mass is 400 g/mol. The number of nitrogens with zero attached hydrogens (tertiary/aromatic N) is 3. The topological polar surface area (TPSA) is 106 Å². The Balaban J connectivity index is 1.83. The molecular weight excluding hydrogens is 384 g/mol. The lowest BCUT2D eigenvalue weighted by atomic mass is 10.0. The van der Waals surface area contributed by atoms with Crippen LogP contribution in [0.25, 0.3) is 11.1 Å². The van der Waals surface area contributed by atoms with E-state index < -0.39 is 12.3 Å². The van der Waals surface area contributed by atoms with Crippen molar-refractivity contribution in [3.63, 3.8) is 0 Å². The van der Waals surface area contributed by atoms with Gasteiger partial charge < -0.3 is 15.2 Å². The molecule has 1 amide bonds. The number of nitrogens with one attached hydrogen (secondary N) is 1. The number of aromatic nitrogens is 3. The maximum absolute atomic E-state index is 12.4. The Morgan fingerprint density at radius 2 is 1.96 bits per heavy atom. The number of hydrogen-bond acceptors (Lipinski definition) is 6. The van der Waals surface area contributed by atoms with Gasteiger partial charge in [-0.2, -0.15) is 5.10 Å². The molecule has 144 valence electrons. The number of rotatable bonds is 5. The van der Waals surface area contributed by atoms with Crippen LogP contribution in [0.3, 0.4) is 0 Å². The zero-order chi connectivity index (χ0) is 20.3. The fraction of sp³-hybridized carbons (Fsp3) is 0.158. The van der Waals surface area contributed by atoms with Crippen molar-refractivity contribution in [1.82, 2.24) is 14.8 Å². The summed E-state index contributed by atoms with van der Waals surface area (Å²) >= 11 is 6.00. The number of aliphatic hydroxyl groups excluding tert-OH is 1.